The number of carbonyl (C=O) groups excluding carboxylic acids is 2. The zero-order valence-electron chi connectivity index (χ0n) is 7.78. The lowest BCUT2D eigenvalue weighted by Crippen LogP contribution is -2.26. The fourth-order valence-electron chi connectivity index (χ4n) is 0.881. The van der Waals surface area contributed by atoms with Gasteiger partial charge >= 0.3 is 0 Å². The summed E-state index contributed by atoms with van der Waals surface area (Å²) in [6.45, 7) is 1.83. The van der Waals surface area contributed by atoms with Crippen LogP contribution in [0.4, 0.5) is 5.69 Å². The average molecular weight is 193 g/mol. The second-order valence-corrected chi connectivity index (χ2v) is 2.74. The third-order valence-electron chi connectivity index (χ3n) is 1.54. The van der Waals surface area contributed by atoms with Crippen LogP contribution in [0.3, 0.4) is 0 Å². The quantitative estimate of drug-likeness (QED) is 0.665. The van der Waals surface area contributed by atoms with Gasteiger partial charge in [-0.25, -0.2) is 0 Å². The Balaban J connectivity index is 2.47. The van der Waals surface area contributed by atoms with Gasteiger partial charge in [0.25, 0.3) is 0 Å². The van der Waals surface area contributed by atoms with Crippen molar-refractivity contribution in [1.82, 2.24) is 10.3 Å². The Hall–Kier alpha value is -1.91. The van der Waals surface area contributed by atoms with Crippen LogP contribution in [-0.4, -0.2) is 23.8 Å². The second kappa shape index (κ2) is 4.96. The molecule has 0 saturated carbocycles. The van der Waals surface area contributed by atoms with Crippen molar-refractivity contribution < 1.29 is 9.59 Å². The number of anilines is 1. The molecule has 14 heavy (non-hydrogen) atoms. The van der Waals surface area contributed by atoms with Crippen molar-refractivity contribution in [2.45, 2.75) is 6.92 Å². The van der Waals surface area contributed by atoms with Crippen molar-refractivity contribution in [3.8, 4) is 0 Å². The highest BCUT2D eigenvalue weighted by Crippen LogP contribution is 2.04. The molecule has 5 heteroatoms. The van der Waals surface area contributed by atoms with Gasteiger partial charge in [0.05, 0.1) is 18.4 Å². The minimum atomic E-state index is -0.275. The molecule has 0 fully saturated rings. The number of carbonyl (C=O) groups is 2. The zero-order chi connectivity index (χ0) is 10.4. The summed E-state index contributed by atoms with van der Waals surface area (Å²) in [6.07, 6.45) is 2.04. The molecule has 0 aliphatic carbocycles. The van der Waals surface area contributed by atoms with Crippen molar-refractivity contribution >= 4 is 18.0 Å². The first-order chi connectivity index (χ1) is 6.72. The first kappa shape index (κ1) is 10.2. The fraction of sp³-hybridized carbons (Fsp3) is 0.222. The van der Waals surface area contributed by atoms with Gasteiger partial charge in [0.1, 0.15) is 0 Å². The predicted molar refractivity (Wildman–Crippen MR) is 51.7 cm³/mol. The van der Waals surface area contributed by atoms with Crippen molar-refractivity contribution in [3.05, 3.63) is 24.0 Å². The highest BCUT2D eigenvalue weighted by Gasteiger charge is 2.00. The molecule has 1 rings (SSSR count). The van der Waals surface area contributed by atoms with Crippen molar-refractivity contribution in [3.63, 3.8) is 0 Å². The van der Waals surface area contributed by atoms with E-state index in [4.69, 9.17) is 0 Å². The van der Waals surface area contributed by atoms with E-state index < -0.39 is 0 Å². The Morgan fingerprint density at radius 1 is 1.57 bits per heavy atom. The minimum absolute atomic E-state index is 0.0304. The molecule has 2 N–H and O–H groups in total. The molecule has 0 unspecified atom stereocenters. The number of hydrogen-bond donors (Lipinski definition) is 2. The number of nitrogens with zero attached hydrogens (tertiary/aromatic N) is 1. The third kappa shape index (κ3) is 3.22. The zero-order valence-corrected chi connectivity index (χ0v) is 7.78. The summed E-state index contributed by atoms with van der Waals surface area (Å²) in [5.41, 5.74) is 1.50. The van der Waals surface area contributed by atoms with Crippen LogP contribution in [-0.2, 0) is 9.59 Å². The van der Waals surface area contributed by atoms with Gasteiger partial charge in [-0.05, 0) is 19.1 Å². The van der Waals surface area contributed by atoms with Gasteiger partial charge in [-0.15, -0.1) is 0 Å². The largest absolute Gasteiger partial charge is 0.350 e. The summed E-state index contributed by atoms with van der Waals surface area (Å²) < 4.78 is 0. The molecular weight excluding hydrogens is 182 g/mol. The number of amides is 2. The highest BCUT2D eigenvalue weighted by molar-refractivity contribution is 5.92. The van der Waals surface area contributed by atoms with Gasteiger partial charge in [0, 0.05) is 5.69 Å². The Morgan fingerprint density at radius 3 is 2.93 bits per heavy atom. The molecule has 1 aromatic rings. The summed E-state index contributed by atoms with van der Waals surface area (Å²) in [5.74, 6) is -0.275. The van der Waals surface area contributed by atoms with E-state index in [-0.39, 0.29) is 12.5 Å². The van der Waals surface area contributed by atoms with Crippen LogP contribution in [0.25, 0.3) is 0 Å². The number of hydrogen-bond acceptors (Lipinski definition) is 3. The van der Waals surface area contributed by atoms with Gasteiger partial charge in [-0.1, -0.05) is 0 Å². The van der Waals surface area contributed by atoms with Crippen LogP contribution in [0.2, 0.25) is 0 Å². The van der Waals surface area contributed by atoms with Crippen LogP contribution in [0.5, 0.6) is 0 Å². The van der Waals surface area contributed by atoms with E-state index in [2.05, 4.69) is 15.6 Å². The lowest BCUT2D eigenvalue weighted by Gasteiger charge is -2.03. The maximum absolute atomic E-state index is 11.1. The Bertz CT molecular complexity index is 321. The third-order valence-corrected chi connectivity index (χ3v) is 1.54. The summed E-state index contributed by atoms with van der Waals surface area (Å²) in [5, 5.41) is 4.85. The van der Waals surface area contributed by atoms with Gasteiger partial charge in [-0.2, -0.15) is 0 Å². The van der Waals surface area contributed by atoms with E-state index in [1.165, 1.54) is 0 Å². The molecule has 1 aromatic heterocycles. The van der Waals surface area contributed by atoms with Crippen molar-refractivity contribution in [1.29, 1.82) is 0 Å². The average Bonchev–Trinajstić information content (AvgIpc) is 2.18. The number of rotatable bonds is 4. The molecule has 0 atom stereocenters. The van der Waals surface area contributed by atoms with Crippen LogP contribution in [0.15, 0.2) is 18.3 Å². The lowest BCUT2D eigenvalue weighted by atomic mass is 10.3. The molecule has 0 aromatic carbocycles. The Kier molecular flexibility index (Phi) is 3.60. The molecule has 0 saturated heterocycles. The second-order valence-electron chi connectivity index (χ2n) is 2.74. The Labute approximate surface area is 81.5 Å². The standard InChI is InChI=1S/C9H11N3O2/c1-7-2-3-8(4-11-7)12-9(14)5-10-6-13/h2-4,6H,5H2,1H3,(H,10,13)(H,12,14). The molecule has 2 amide bonds. The normalized spacial score (nSPS) is 9.21. The molecular formula is C9H11N3O2. The predicted octanol–water partition coefficient (Wildman–Crippen LogP) is 0.0745. The summed E-state index contributed by atoms with van der Waals surface area (Å²) in [4.78, 5) is 25.0. The summed E-state index contributed by atoms with van der Waals surface area (Å²) in [6, 6.07) is 3.55. The monoisotopic (exact) mass is 193 g/mol. The molecule has 74 valence electrons. The number of nitrogens with one attached hydrogen (secondary N) is 2. The maximum atomic E-state index is 11.1. The van der Waals surface area contributed by atoms with Crippen molar-refractivity contribution in [2.75, 3.05) is 11.9 Å². The van der Waals surface area contributed by atoms with Gasteiger partial charge < -0.3 is 10.6 Å². The molecule has 0 aliphatic rings. The number of pyridine rings is 1. The van der Waals surface area contributed by atoms with Crippen molar-refractivity contribution in [2.24, 2.45) is 0 Å². The molecule has 0 bridgehead atoms. The maximum Gasteiger partial charge on any atom is 0.243 e. The number of aryl methyl sites for hydroxylation is 1. The fourth-order valence-corrected chi connectivity index (χ4v) is 0.881. The summed E-state index contributed by atoms with van der Waals surface area (Å²) >= 11 is 0. The topological polar surface area (TPSA) is 71.1 Å². The van der Waals surface area contributed by atoms with Crippen LogP contribution in [0, 0.1) is 6.92 Å². The van der Waals surface area contributed by atoms with Crippen LogP contribution in [0.1, 0.15) is 5.69 Å². The van der Waals surface area contributed by atoms with E-state index in [1.807, 2.05) is 6.92 Å². The molecule has 5 nitrogen and oxygen atoms in total. The molecule has 0 aliphatic heterocycles. The SMILES string of the molecule is Cc1ccc(NC(=O)CNC=O)cn1. The summed E-state index contributed by atoms with van der Waals surface area (Å²) in [7, 11) is 0. The van der Waals surface area contributed by atoms with E-state index in [9.17, 15) is 9.59 Å². The van der Waals surface area contributed by atoms with Gasteiger partial charge in [0.2, 0.25) is 12.3 Å². The highest BCUT2D eigenvalue weighted by atomic mass is 16.2. The Morgan fingerprint density at radius 2 is 2.36 bits per heavy atom. The number of aromatic nitrogens is 1. The molecule has 0 spiro atoms. The van der Waals surface area contributed by atoms with Crippen LogP contribution < -0.4 is 10.6 Å². The smallest absolute Gasteiger partial charge is 0.243 e. The minimum Gasteiger partial charge on any atom is -0.350 e. The van der Waals surface area contributed by atoms with Gasteiger partial charge in [-0.3, -0.25) is 14.6 Å². The van der Waals surface area contributed by atoms with E-state index in [1.54, 1.807) is 18.3 Å². The molecule has 0 radical (unpaired) electrons. The van der Waals surface area contributed by atoms with Crippen LogP contribution >= 0.6 is 0 Å². The van der Waals surface area contributed by atoms with E-state index in [0.29, 0.717) is 12.1 Å². The van der Waals surface area contributed by atoms with E-state index >= 15 is 0 Å². The van der Waals surface area contributed by atoms with E-state index in [0.717, 1.165) is 5.69 Å². The first-order valence-electron chi connectivity index (χ1n) is 4.12. The van der Waals surface area contributed by atoms with Gasteiger partial charge in [0.15, 0.2) is 0 Å². The lowest BCUT2D eigenvalue weighted by molar-refractivity contribution is -0.118. The molecule has 1 heterocycles. The first-order valence-corrected chi connectivity index (χ1v) is 4.12.